The smallest absolute Gasteiger partial charge is 0.214 e. The van der Waals surface area contributed by atoms with Crippen LogP contribution in [0.15, 0.2) is 59.7 Å². The Balaban J connectivity index is 1.64. The molecule has 0 bridgehead atoms. The minimum Gasteiger partial charge on any atom is -0.507 e. The second kappa shape index (κ2) is 8.12. The Morgan fingerprint density at radius 2 is 1.70 bits per heavy atom. The fourth-order valence-corrected chi connectivity index (χ4v) is 4.35. The normalized spacial score (nSPS) is 18.6. The average Bonchev–Trinajstić information content (AvgIpc) is 3.29. The highest BCUT2D eigenvalue weighted by Crippen LogP contribution is 2.51. The Morgan fingerprint density at radius 1 is 0.909 bits per heavy atom. The number of phenolic OH excluding ortho intramolecular Hbond substituents is 2. The third kappa shape index (κ3) is 3.44. The molecule has 0 saturated carbocycles. The summed E-state index contributed by atoms with van der Waals surface area (Å²) in [5.41, 5.74) is 3.02. The molecule has 2 N–H and O–H groups in total. The zero-order valence-corrected chi connectivity index (χ0v) is 18.5. The lowest BCUT2D eigenvalue weighted by atomic mass is 9.95. The van der Waals surface area contributed by atoms with Gasteiger partial charge in [0.05, 0.1) is 33.1 Å². The molecule has 2 atom stereocenters. The molecule has 3 aromatic rings. The third-order valence-electron chi connectivity index (χ3n) is 6.00. The van der Waals surface area contributed by atoms with E-state index < -0.39 is 6.23 Å². The number of benzene rings is 3. The van der Waals surface area contributed by atoms with Crippen LogP contribution in [0.2, 0.25) is 0 Å². The molecular weight excluding hydrogens is 424 g/mol. The number of para-hydroxylation sites is 1. The summed E-state index contributed by atoms with van der Waals surface area (Å²) in [6.07, 6.45) is -0.0470. The fraction of sp³-hybridized carbons (Fsp3) is 0.240. The van der Waals surface area contributed by atoms with Crippen LogP contribution in [0.1, 0.15) is 35.4 Å². The van der Waals surface area contributed by atoms with E-state index in [0.717, 1.165) is 11.1 Å². The zero-order chi connectivity index (χ0) is 23.1. The highest BCUT2D eigenvalue weighted by atomic mass is 16.5. The molecule has 3 aromatic carbocycles. The van der Waals surface area contributed by atoms with Crippen molar-refractivity contribution in [2.45, 2.75) is 18.7 Å². The first-order chi connectivity index (χ1) is 16.0. The van der Waals surface area contributed by atoms with Crippen LogP contribution >= 0.6 is 0 Å². The number of rotatable bonds is 5. The van der Waals surface area contributed by atoms with Gasteiger partial charge < -0.3 is 29.2 Å². The number of ether oxygens (including phenoxy) is 4. The first-order valence-electron chi connectivity index (χ1n) is 10.5. The Hall–Kier alpha value is -4.07. The van der Waals surface area contributed by atoms with Crippen LogP contribution in [-0.4, -0.2) is 42.3 Å². The van der Waals surface area contributed by atoms with Crippen molar-refractivity contribution in [3.63, 3.8) is 0 Å². The third-order valence-corrected chi connectivity index (χ3v) is 6.00. The van der Waals surface area contributed by atoms with E-state index in [1.165, 1.54) is 7.11 Å². The first kappa shape index (κ1) is 20.8. The van der Waals surface area contributed by atoms with Crippen LogP contribution in [0.3, 0.4) is 0 Å². The van der Waals surface area contributed by atoms with E-state index >= 15 is 0 Å². The maximum atomic E-state index is 10.5. The zero-order valence-electron chi connectivity index (χ0n) is 18.5. The van der Waals surface area contributed by atoms with Crippen LogP contribution < -0.4 is 18.9 Å². The Morgan fingerprint density at radius 3 is 2.45 bits per heavy atom. The van der Waals surface area contributed by atoms with Crippen molar-refractivity contribution in [3.8, 4) is 34.5 Å². The molecule has 0 unspecified atom stereocenters. The van der Waals surface area contributed by atoms with Crippen LogP contribution in [0.5, 0.6) is 34.5 Å². The van der Waals surface area contributed by atoms with Crippen molar-refractivity contribution in [1.29, 1.82) is 0 Å². The van der Waals surface area contributed by atoms with Gasteiger partial charge in [-0.1, -0.05) is 12.1 Å². The Kier molecular flexibility index (Phi) is 5.12. The molecule has 0 aromatic heterocycles. The summed E-state index contributed by atoms with van der Waals surface area (Å²) in [5, 5.41) is 27.3. The predicted octanol–water partition coefficient (Wildman–Crippen LogP) is 4.37. The lowest BCUT2D eigenvalue weighted by molar-refractivity contribution is -0.0210. The van der Waals surface area contributed by atoms with E-state index in [0.29, 0.717) is 40.7 Å². The number of fused-ring (bicyclic) bond motifs is 3. The standard InChI is InChI=1S/C25H24N2O6/c1-30-15-8-10-20(28)17(12-15)18-13-19-16-5-4-6-22(31-2)24(16)33-25(27(19)26-18)14-7-9-21(29)23(11-14)32-3/h4-12,19,25,28-29H,13H2,1-3H3/t19-,25+/m0/s1. The molecule has 0 radical (unpaired) electrons. The van der Waals surface area contributed by atoms with Gasteiger partial charge in [0, 0.05) is 23.1 Å². The van der Waals surface area contributed by atoms with E-state index in [2.05, 4.69) is 0 Å². The van der Waals surface area contributed by atoms with Gasteiger partial charge in [-0.05, 0) is 42.5 Å². The minimum atomic E-state index is -0.599. The summed E-state index contributed by atoms with van der Waals surface area (Å²) >= 11 is 0. The SMILES string of the molecule is COc1ccc(O)c(C2=NN3[C@@H](c4ccc(O)c(OC)c4)Oc4c(OC)cccc4[C@@H]3C2)c1. The van der Waals surface area contributed by atoms with Crippen molar-refractivity contribution in [3.05, 3.63) is 71.3 Å². The molecule has 2 heterocycles. The first-order valence-corrected chi connectivity index (χ1v) is 10.5. The topological polar surface area (TPSA) is 93.0 Å². The van der Waals surface area contributed by atoms with Crippen molar-refractivity contribution < 1.29 is 29.2 Å². The van der Waals surface area contributed by atoms with Gasteiger partial charge in [0.15, 0.2) is 23.0 Å². The van der Waals surface area contributed by atoms with Crippen molar-refractivity contribution in [2.24, 2.45) is 5.10 Å². The van der Waals surface area contributed by atoms with E-state index in [1.807, 2.05) is 23.2 Å². The summed E-state index contributed by atoms with van der Waals surface area (Å²) in [6, 6.07) is 15.8. The molecule has 33 heavy (non-hydrogen) atoms. The van der Waals surface area contributed by atoms with Gasteiger partial charge in [-0.3, -0.25) is 0 Å². The quantitative estimate of drug-likeness (QED) is 0.599. The molecule has 0 saturated heterocycles. The molecule has 2 aliphatic heterocycles. The number of hydrogen-bond donors (Lipinski definition) is 2. The summed E-state index contributed by atoms with van der Waals surface area (Å²) in [4.78, 5) is 0. The lowest BCUT2D eigenvalue weighted by Gasteiger charge is -2.38. The summed E-state index contributed by atoms with van der Waals surface area (Å²) in [7, 11) is 4.69. The fourth-order valence-electron chi connectivity index (χ4n) is 4.35. The Labute approximate surface area is 191 Å². The minimum absolute atomic E-state index is 0.0403. The molecule has 0 fully saturated rings. The molecule has 0 spiro atoms. The lowest BCUT2D eigenvalue weighted by Crippen LogP contribution is -2.33. The van der Waals surface area contributed by atoms with Crippen LogP contribution in [-0.2, 0) is 0 Å². The number of phenols is 2. The largest absolute Gasteiger partial charge is 0.507 e. The van der Waals surface area contributed by atoms with Crippen LogP contribution in [0, 0.1) is 0 Å². The van der Waals surface area contributed by atoms with Gasteiger partial charge >= 0.3 is 0 Å². The van der Waals surface area contributed by atoms with Gasteiger partial charge in [-0.25, -0.2) is 5.01 Å². The van der Waals surface area contributed by atoms with E-state index in [4.69, 9.17) is 24.0 Å². The highest BCUT2D eigenvalue weighted by Gasteiger charge is 2.42. The summed E-state index contributed by atoms with van der Waals surface area (Å²) in [6.45, 7) is 0. The molecule has 2 aliphatic rings. The number of hydrazone groups is 1. The van der Waals surface area contributed by atoms with E-state index in [-0.39, 0.29) is 17.5 Å². The van der Waals surface area contributed by atoms with Crippen LogP contribution in [0.4, 0.5) is 0 Å². The molecule has 8 nitrogen and oxygen atoms in total. The highest BCUT2D eigenvalue weighted by molar-refractivity contribution is 6.04. The maximum Gasteiger partial charge on any atom is 0.214 e. The molecule has 0 aliphatic carbocycles. The van der Waals surface area contributed by atoms with E-state index in [1.54, 1.807) is 50.6 Å². The molecular formula is C25H24N2O6. The van der Waals surface area contributed by atoms with Gasteiger partial charge in [-0.2, -0.15) is 5.10 Å². The van der Waals surface area contributed by atoms with Crippen molar-refractivity contribution in [2.75, 3.05) is 21.3 Å². The van der Waals surface area contributed by atoms with Crippen molar-refractivity contribution >= 4 is 5.71 Å². The monoisotopic (exact) mass is 448 g/mol. The van der Waals surface area contributed by atoms with Gasteiger partial charge in [0.25, 0.3) is 0 Å². The summed E-state index contributed by atoms with van der Waals surface area (Å²) < 4.78 is 22.6. The van der Waals surface area contributed by atoms with Crippen LogP contribution in [0.25, 0.3) is 0 Å². The molecule has 5 rings (SSSR count). The molecule has 8 heteroatoms. The molecule has 0 amide bonds. The van der Waals surface area contributed by atoms with Gasteiger partial charge in [0.1, 0.15) is 11.5 Å². The van der Waals surface area contributed by atoms with Gasteiger partial charge in [-0.15, -0.1) is 0 Å². The number of hydrogen-bond acceptors (Lipinski definition) is 8. The van der Waals surface area contributed by atoms with Crippen molar-refractivity contribution in [1.82, 2.24) is 5.01 Å². The Bertz CT molecular complexity index is 1240. The number of methoxy groups -OCH3 is 3. The number of nitrogens with zero attached hydrogens (tertiary/aromatic N) is 2. The average molecular weight is 448 g/mol. The van der Waals surface area contributed by atoms with Gasteiger partial charge in [0.2, 0.25) is 6.23 Å². The van der Waals surface area contributed by atoms with E-state index in [9.17, 15) is 10.2 Å². The predicted molar refractivity (Wildman–Crippen MR) is 121 cm³/mol. The number of aromatic hydroxyl groups is 2. The second-order valence-electron chi connectivity index (χ2n) is 7.81. The molecule has 170 valence electrons. The summed E-state index contributed by atoms with van der Waals surface area (Å²) in [5.74, 6) is 2.41. The maximum absolute atomic E-state index is 10.5. The second-order valence-corrected chi connectivity index (χ2v) is 7.81.